The van der Waals surface area contributed by atoms with Crippen molar-refractivity contribution in [2.24, 2.45) is 0 Å². The van der Waals surface area contributed by atoms with E-state index >= 15 is 0 Å². The molecule has 1 aromatic rings. The molecule has 1 aliphatic heterocycles. The number of hydrogen-bond donors (Lipinski definition) is 0. The molecule has 1 aliphatic rings. The van der Waals surface area contributed by atoms with E-state index in [2.05, 4.69) is 4.74 Å². The fourth-order valence-electron chi connectivity index (χ4n) is 1.60. The van der Waals surface area contributed by atoms with Crippen molar-refractivity contribution in [1.29, 1.82) is 0 Å². The number of nitrogens with zero attached hydrogens (tertiary/aromatic N) is 1. The molecule has 1 saturated heterocycles. The number of ether oxygens (including phenoxy) is 1. The molecule has 0 aliphatic carbocycles. The Kier molecular flexibility index (Phi) is 3.08. The molecule has 18 heavy (non-hydrogen) atoms. The zero-order chi connectivity index (χ0) is 13.3. The van der Waals surface area contributed by atoms with Crippen LogP contribution in [0.5, 0.6) is 0 Å². The third kappa shape index (κ3) is 2.35. The average Bonchev–Trinajstić information content (AvgIpc) is 2.28. The van der Waals surface area contributed by atoms with Crippen molar-refractivity contribution in [1.82, 2.24) is 0 Å². The molecule has 1 fully saturated rings. The minimum Gasteiger partial charge on any atom is -0.362 e. The lowest BCUT2D eigenvalue weighted by molar-refractivity contribution is -0.139. The molecule has 0 N–H and O–H groups in total. The van der Waals surface area contributed by atoms with Crippen molar-refractivity contribution in [2.75, 3.05) is 18.1 Å². The average molecular weight is 259 g/mol. The molecule has 96 valence electrons. The minimum absolute atomic E-state index is 0.0943. The van der Waals surface area contributed by atoms with Crippen LogP contribution in [0.2, 0.25) is 0 Å². The lowest BCUT2D eigenvalue weighted by Crippen LogP contribution is -2.46. The molecule has 4 nitrogen and oxygen atoms in total. The number of morpholine rings is 1. The highest BCUT2D eigenvalue weighted by molar-refractivity contribution is 6.17. The second-order valence-corrected chi connectivity index (χ2v) is 3.66. The van der Waals surface area contributed by atoms with E-state index in [1.54, 1.807) is 0 Å². The molecule has 0 radical (unpaired) electrons. The van der Waals surface area contributed by atoms with Gasteiger partial charge in [0.15, 0.2) is 0 Å². The Morgan fingerprint density at radius 3 is 2.28 bits per heavy atom. The van der Waals surface area contributed by atoms with E-state index in [4.69, 9.17) is 0 Å². The van der Waals surface area contributed by atoms with Crippen molar-refractivity contribution in [3.8, 4) is 0 Å². The summed E-state index contributed by atoms with van der Waals surface area (Å²) < 4.78 is 42.2. The SMILES string of the molecule is O=C1COCC(=O)N1c1cccc(C(F)(F)F)c1. The largest absolute Gasteiger partial charge is 0.416 e. The quantitative estimate of drug-likeness (QED) is 0.719. The zero-order valence-corrected chi connectivity index (χ0v) is 9.03. The van der Waals surface area contributed by atoms with Crippen LogP contribution < -0.4 is 4.90 Å². The van der Waals surface area contributed by atoms with E-state index in [1.165, 1.54) is 6.07 Å². The highest BCUT2D eigenvalue weighted by atomic mass is 19.4. The van der Waals surface area contributed by atoms with Gasteiger partial charge in [-0.2, -0.15) is 13.2 Å². The maximum Gasteiger partial charge on any atom is 0.416 e. The van der Waals surface area contributed by atoms with Crippen molar-refractivity contribution >= 4 is 17.5 Å². The van der Waals surface area contributed by atoms with Gasteiger partial charge in [-0.1, -0.05) is 6.07 Å². The van der Waals surface area contributed by atoms with Gasteiger partial charge < -0.3 is 4.74 Å². The summed E-state index contributed by atoms with van der Waals surface area (Å²) in [5, 5.41) is 0. The number of carbonyl (C=O) groups excluding carboxylic acids is 2. The van der Waals surface area contributed by atoms with Crippen LogP contribution in [0.4, 0.5) is 18.9 Å². The first-order valence-corrected chi connectivity index (χ1v) is 5.00. The molecule has 2 rings (SSSR count). The van der Waals surface area contributed by atoms with Crippen molar-refractivity contribution < 1.29 is 27.5 Å². The van der Waals surface area contributed by atoms with Crippen LogP contribution >= 0.6 is 0 Å². The number of rotatable bonds is 1. The van der Waals surface area contributed by atoms with Gasteiger partial charge in [-0.15, -0.1) is 0 Å². The first-order valence-electron chi connectivity index (χ1n) is 5.00. The van der Waals surface area contributed by atoms with Gasteiger partial charge in [0.05, 0.1) is 11.3 Å². The smallest absolute Gasteiger partial charge is 0.362 e. The van der Waals surface area contributed by atoms with Gasteiger partial charge in [0.1, 0.15) is 13.2 Å². The van der Waals surface area contributed by atoms with Gasteiger partial charge in [0, 0.05) is 0 Å². The third-order valence-electron chi connectivity index (χ3n) is 2.38. The molecule has 2 amide bonds. The molecule has 1 aromatic carbocycles. The van der Waals surface area contributed by atoms with Gasteiger partial charge in [0.25, 0.3) is 11.8 Å². The van der Waals surface area contributed by atoms with E-state index in [1.807, 2.05) is 0 Å². The fraction of sp³-hybridized carbons (Fsp3) is 0.273. The Hall–Kier alpha value is -1.89. The lowest BCUT2D eigenvalue weighted by atomic mass is 10.1. The molecule has 0 spiro atoms. The molecule has 0 bridgehead atoms. The van der Waals surface area contributed by atoms with Crippen LogP contribution in [0.3, 0.4) is 0 Å². The standard InChI is InChI=1S/C11H8F3NO3/c12-11(13,14)7-2-1-3-8(4-7)15-9(16)5-18-6-10(15)17/h1-4H,5-6H2. The molecule has 0 atom stereocenters. The third-order valence-corrected chi connectivity index (χ3v) is 2.38. The monoisotopic (exact) mass is 259 g/mol. The van der Waals surface area contributed by atoms with Crippen LogP contribution in [0.15, 0.2) is 24.3 Å². The summed E-state index contributed by atoms with van der Waals surface area (Å²) in [7, 11) is 0. The summed E-state index contributed by atoms with van der Waals surface area (Å²) in [4.78, 5) is 23.6. The van der Waals surface area contributed by atoms with Crippen LogP contribution in [0.1, 0.15) is 5.56 Å². The van der Waals surface area contributed by atoms with Gasteiger partial charge in [-0.3, -0.25) is 9.59 Å². The molecule has 0 saturated carbocycles. The van der Waals surface area contributed by atoms with Crippen LogP contribution in [0, 0.1) is 0 Å². The summed E-state index contributed by atoms with van der Waals surface area (Å²) in [5.41, 5.74) is -1.00. The highest BCUT2D eigenvalue weighted by Gasteiger charge is 2.33. The second-order valence-electron chi connectivity index (χ2n) is 3.66. The van der Waals surface area contributed by atoms with E-state index < -0.39 is 23.6 Å². The summed E-state index contributed by atoms with van der Waals surface area (Å²) in [6.07, 6.45) is -4.52. The number of anilines is 1. The first kappa shape index (κ1) is 12.6. The van der Waals surface area contributed by atoms with Crippen molar-refractivity contribution in [2.45, 2.75) is 6.18 Å². The first-order chi connectivity index (χ1) is 8.39. The van der Waals surface area contributed by atoms with E-state index in [9.17, 15) is 22.8 Å². The summed E-state index contributed by atoms with van der Waals surface area (Å²) >= 11 is 0. The topological polar surface area (TPSA) is 46.6 Å². The predicted molar refractivity (Wildman–Crippen MR) is 54.8 cm³/mol. The number of imide groups is 1. The van der Waals surface area contributed by atoms with Crippen molar-refractivity contribution in [3.63, 3.8) is 0 Å². The number of benzene rings is 1. The Bertz CT molecular complexity index is 483. The normalized spacial score (nSPS) is 17.2. The Morgan fingerprint density at radius 2 is 1.72 bits per heavy atom. The van der Waals surface area contributed by atoms with Crippen LogP contribution in [0.25, 0.3) is 0 Å². The van der Waals surface area contributed by atoms with Crippen LogP contribution in [-0.2, 0) is 20.5 Å². The summed E-state index contributed by atoms with van der Waals surface area (Å²) in [5.74, 6) is -1.35. The van der Waals surface area contributed by atoms with Crippen molar-refractivity contribution in [3.05, 3.63) is 29.8 Å². The van der Waals surface area contributed by atoms with Gasteiger partial charge in [0.2, 0.25) is 0 Å². The number of carbonyl (C=O) groups is 2. The maximum absolute atomic E-state index is 12.5. The number of hydrogen-bond acceptors (Lipinski definition) is 3. The van der Waals surface area contributed by atoms with E-state index in [-0.39, 0.29) is 18.9 Å². The molecule has 0 unspecified atom stereocenters. The van der Waals surface area contributed by atoms with E-state index in [0.29, 0.717) is 4.90 Å². The molecular formula is C11H8F3NO3. The molecule has 7 heteroatoms. The summed E-state index contributed by atoms with van der Waals surface area (Å²) in [6, 6.07) is 4.06. The Labute approximate surface area is 99.9 Å². The second kappa shape index (κ2) is 4.41. The summed E-state index contributed by atoms with van der Waals surface area (Å²) in [6.45, 7) is -0.635. The maximum atomic E-state index is 12.5. The van der Waals surface area contributed by atoms with Crippen LogP contribution in [-0.4, -0.2) is 25.0 Å². The number of alkyl halides is 3. The Balaban J connectivity index is 2.38. The minimum atomic E-state index is -4.52. The van der Waals surface area contributed by atoms with Gasteiger partial charge in [-0.05, 0) is 18.2 Å². The Morgan fingerprint density at radius 1 is 1.11 bits per heavy atom. The van der Waals surface area contributed by atoms with Gasteiger partial charge in [-0.25, -0.2) is 4.90 Å². The van der Waals surface area contributed by atoms with Gasteiger partial charge >= 0.3 is 6.18 Å². The zero-order valence-electron chi connectivity index (χ0n) is 9.03. The van der Waals surface area contributed by atoms with E-state index in [0.717, 1.165) is 18.2 Å². The fourth-order valence-corrected chi connectivity index (χ4v) is 1.60. The number of amides is 2. The number of halogens is 3. The predicted octanol–water partition coefficient (Wildman–Crippen LogP) is 1.60. The highest BCUT2D eigenvalue weighted by Crippen LogP contribution is 2.32. The lowest BCUT2D eigenvalue weighted by Gasteiger charge is -2.25. The molecular weight excluding hydrogens is 251 g/mol. The molecule has 1 heterocycles. The molecule has 0 aromatic heterocycles.